The molecule has 0 bridgehead atoms. The van der Waals surface area contributed by atoms with E-state index in [4.69, 9.17) is 0 Å². The van der Waals surface area contributed by atoms with E-state index >= 15 is 0 Å². The third kappa shape index (κ3) is 526. The Morgan fingerprint density at radius 3 is 0.550 bits per heavy atom. The molecule has 5 radical (unpaired) electrons. The molecular formula is C13H38GeK2OSi3+. The third-order valence-corrected chi connectivity index (χ3v) is 0. The van der Waals surface area contributed by atoms with Crippen LogP contribution in [0, 0.1) is 0 Å². The van der Waals surface area contributed by atoms with Gasteiger partial charge < -0.3 is 5.11 Å². The van der Waals surface area contributed by atoms with E-state index in [-0.39, 0.29) is 147 Å². The maximum atomic E-state index is 10.1. The van der Waals surface area contributed by atoms with E-state index in [9.17, 15) is 5.11 Å². The maximum absolute atomic E-state index is 10.1. The fourth-order valence-corrected chi connectivity index (χ4v) is 0. The van der Waals surface area contributed by atoms with Gasteiger partial charge in [0.15, 0.2) is 0 Å². The average Bonchev–Trinajstić information content (AvgIpc) is 1.73. The van der Waals surface area contributed by atoms with Crippen LogP contribution in [0.4, 0.5) is 0 Å². The van der Waals surface area contributed by atoms with Gasteiger partial charge in [0, 0.05) is 26.4 Å². The van der Waals surface area contributed by atoms with Gasteiger partial charge in [-0.2, -0.15) is 0 Å². The molecule has 0 spiro atoms. The summed E-state index contributed by atoms with van der Waals surface area (Å²) >= 11 is 0. The number of rotatable bonds is 0. The Hall–Kier alpha value is 4.43. The minimum atomic E-state index is -0.750. The van der Waals surface area contributed by atoms with Crippen LogP contribution in [-0.2, 0) is 0 Å². The molecule has 0 fully saturated rings. The molecule has 0 aromatic carbocycles. The zero-order valence-corrected chi connectivity index (χ0v) is 29.3. The van der Waals surface area contributed by atoms with Crippen LogP contribution in [0.25, 0.3) is 0 Å². The smallest absolute Gasteiger partial charge is 1.00 e. The molecule has 0 aliphatic carbocycles. The largest absolute Gasteiger partial charge is 1.00 e. The molecule has 0 saturated carbocycles. The van der Waals surface area contributed by atoms with Crippen LogP contribution in [0.2, 0.25) is 58.9 Å². The first-order valence-electron chi connectivity index (χ1n) is 6.20. The van der Waals surface area contributed by atoms with E-state index < -0.39 is 5.60 Å². The summed E-state index contributed by atoms with van der Waals surface area (Å²) in [5.41, 5.74) is -0.750. The molecule has 0 aromatic rings. The standard InChI is InChI=1S/C4H9O.3C3H9Si.GeH2.2K/c1-4(2,3)5;3*1-4(2)3;;;/h1-3H3;3*1-3H3;1H2;;/q-1;;;;;2*+1. The summed E-state index contributed by atoms with van der Waals surface area (Å²) in [6.45, 7) is 25.3. The predicted octanol–water partition coefficient (Wildman–Crippen LogP) is -2.65. The van der Waals surface area contributed by atoms with Crippen LogP contribution in [0.1, 0.15) is 20.8 Å². The van der Waals surface area contributed by atoms with Gasteiger partial charge in [-0.1, -0.05) is 79.7 Å². The molecule has 0 aliphatic heterocycles. The van der Waals surface area contributed by atoms with Crippen molar-refractivity contribution in [2.45, 2.75) is 85.3 Å². The summed E-state index contributed by atoms with van der Waals surface area (Å²) in [5, 5.41) is 10.1. The Balaban J connectivity index is -0.0000000216. The van der Waals surface area contributed by atoms with Crippen molar-refractivity contribution in [3.8, 4) is 0 Å². The molecule has 113 valence electrons. The van der Waals surface area contributed by atoms with Crippen LogP contribution >= 0.6 is 0 Å². The van der Waals surface area contributed by atoms with Crippen molar-refractivity contribution in [3.63, 3.8) is 0 Å². The Kier molecular flexibility index (Phi) is 68.9. The summed E-state index contributed by atoms with van der Waals surface area (Å²) in [6.07, 6.45) is 0. The molecular weight excluding hydrogens is 407 g/mol. The summed E-state index contributed by atoms with van der Waals surface area (Å²) in [7, 11) is 0.361. The number of hydrogen-bond acceptors (Lipinski definition) is 1. The van der Waals surface area contributed by atoms with Crippen molar-refractivity contribution in [2.24, 2.45) is 0 Å². The van der Waals surface area contributed by atoms with E-state index in [2.05, 4.69) is 58.9 Å². The normalized spacial score (nSPS) is 8.40. The molecule has 0 amide bonds. The minimum absolute atomic E-state index is 0. The maximum Gasteiger partial charge on any atom is 1.00 e. The van der Waals surface area contributed by atoms with Crippen molar-refractivity contribution >= 4 is 44.0 Å². The molecule has 0 atom stereocenters. The van der Waals surface area contributed by atoms with Crippen molar-refractivity contribution in [2.75, 3.05) is 0 Å². The zero-order chi connectivity index (χ0) is 15.2. The molecule has 0 aromatic heterocycles. The van der Waals surface area contributed by atoms with E-state index in [0.717, 1.165) is 0 Å². The predicted molar refractivity (Wildman–Crippen MR) is 98.3 cm³/mol. The zero-order valence-electron chi connectivity index (χ0n) is 17.1. The average molecular weight is 446 g/mol. The first-order valence-corrected chi connectivity index (χ1v) is 15.2. The Morgan fingerprint density at radius 2 is 0.550 bits per heavy atom. The van der Waals surface area contributed by atoms with Gasteiger partial charge in [-0.15, -0.1) is 5.60 Å². The molecule has 0 saturated heterocycles. The van der Waals surface area contributed by atoms with Gasteiger partial charge in [0.2, 0.25) is 0 Å². The van der Waals surface area contributed by atoms with Gasteiger partial charge in [0.05, 0.1) is 0 Å². The van der Waals surface area contributed by atoms with Crippen LogP contribution in [0.5, 0.6) is 0 Å². The topological polar surface area (TPSA) is 23.1 Å². The van der Waals surface area contributed by atoms with Crippen LogP contribution < -0.4 is 108 Å². The van der Waals surface area contributed by atoms with Gasteiger partial charge in [-0.25, -0.2) is 0 Å². The van der Waals surface area contributed by atoms with Gasteiger partial charge in [0.25, 0.3) is 0 Å². The van der Waals surface area contributed by atoms with Crippen LogP contribution in [-0.4, -0.2) is 49.6 Å². The van der Waals surface area contributed by atoms with Gasteiger partial charge in [-0.3, -0.25) is 0 Å². The fraction of sp³-hybridized carbons (Fsp3) is 1.00. The second kappa shape index (κ2) is 31.2. The summed E-state index contributed by atoms with van der Waals surface area (Å²) < 4.78 is 0. The molecule has 1 nitrogen and oxygen atoms in total. The molecule has 7 heteroatoms. The summed E-state index contributed by atoms with van der Waals surface area (Å²) in [6, 6.07) is 0. The van der Waals surface area contributed by atoms with Gasteiger partial charge >= 0.3 is 120 Å². The second-order valence-corrected chi connectivity index (χ2v) is 15.6. The van der Waals surface area contributed by atoms with Crippen molar-refractivity contribution in [1.82, 2.24) is 0 Å². The Bertz CT molecular complexity index is 105. The molecule has 20 heavy (non-hydrogen) atoms. The van der Waals surface area contributed by atoms with Crippen molar-refractivity contribution < 1.29 is 108 Å². The molecule has 0 N–H and O–H groups in total. The van der Waals surface area contributed by atoms with E-state index in [1.54, 1.807) is 20.8 Å². The first kappa shape index (κ1) is 44.1. The third-order valence-electron chi connectivity index (χ3n) is 0. The van der Waals surface area contributed by atoms with Gasteiger partial charge in [0.1, 0.15) is 0 Å². The first-order chi connectivity index (χ1) is 7.20. The van der Waals surface area contributed by atoms with Gasteiger partial charge in [-0.05, 0) is 0 Å². The Labute approximate surface area is 232 Å². The Morgan fingerprint density at radius 1 is 0.550 bits per heavy atom. The fourth-order valence-electron chi connectivity index (χ4n) is 0. The summed E-state index contributed by atoms with van der Waals surface area (Å²) in [5.74, 6) is 0. The van der Waals surface area contributed by atoms with Crippen LogP contribution in [0.3, 0.4) is 0 Å². The van der Waals surface area contributed by atoms with E-state index in [1.807, 2.05) is 0 Å². The second-order valence-electron chi connectivity index (χ2n) is 6.61. The molecule has 0 aliphatic rings. The quantitative estimate of drug-likeness (QED) is 0.374. The minimum Gasteiger partial charge on any atom is 1.00 e. The molecule has 0 heterocycles. The molecule has 0 unspecified atom stereocenters. The van der Waals surface area contributed by atoms with E-state index in [1.165, 1.54) is 0 Å². The SMILES string of the molecule is CC(C)(C)[O-].C[Si](C)C.C[Si](C)C.C[Si](C)C.[GeH2].[K+].[K+]. The summed E-state index contributed by atoms with van der Waals surface area (Å²) in [4.78, 5) is 0. The molecule has 0 rings (SSSR count). The number of hydrogen-bond donors (Lipinski definition) is 0. The van der Waals surface area contributed by atoms with E-state index in [0.29, 0.717) is 0 Å². The monoisotopic (exact) mass is 446 g/mol. The van der Waals surface area contributed by atoms with Crippen molar-refractivity contribution in [3.05, 3.63) is 0 Å². The van der Waals surface area contributed by atoms with Crippen molar-refractivity contribution in [1.29, 1.82) is 0 Å². The van der Waals surface area contributed by atoms with Crippen LogP contribution in [0.15, 0.2) is 0 Å².